The predicted octanol–water partition coefficient (Wildman–Crippen LogP) is 2.30. The summed E-state index contributed by atoms with van der Waals surface area (Å²) in [5.41, 5.74) is 1.50. The third kappa shape index (κ3) is 2.57. The fraction of sp³-hybridized carbons (Fsp3) is 0.385. The first-order valence-corrected chi connectivity index (χ1v) is 6.80. The number of fused-ring (bicyclic) bond motifs is 1. The van der Waals surface area contributed by atoms with Crippen LogP contribution in [0.3, 0.4) is 0 Å². The molecule has 100 valence electrons. The lowest BCUT2D eigenvalue weighted by atomic mass is 10.0. The second-order valence-electron chi connectivity index (χ2n) is 4.71. The minimum atomic E-state index is -0.127. The van der Waals surface area contributed by atoms with Gasteiger partial charge in [0.05, 0.1) is 16.6 Å². The Balaban J connectivity index is 1.77. The SMILES string of the molecule is O=C(Nc1nc2c(Cl)cccc2[nH]1)C1CCCCN1. The highest BCUT2D eigenvalue weighted by atomic mass is 35.5. The van der Waals surface area contributed by atoms with E-state index in [1.54, 1.807) is 6.07 Å². The molecule has 1 fully saturated rings. The number of aromatic nitrogens is 2. The third-order valence-corrected chi connectivity index (χ3v) is 3.64. The van der Waals surface area contributed by atoms with Crippen molar-refractivity contribution in [2.24, 2.45) is 0 Å². The van der Waals surface area contributed by atoms with E-state index in [2.05, 4.69) is 20.6 Å². The van der Waals surface area contributed by atoms with Gasteiger partial charge in [-0.2, -0.15) is 0 Å². The summed E-state index contributed by atoms with van der Waals surface area (Å²) in [7, 11) is 0. The Morgan fingerprint density at radius 2 is 2.32 bits per heavy atom. The Morgan fingerprint density at radius 3 is 3.05 bits per heavy atom. The zero-order chi connectivity index (χ0) is 13.2. The molecule has 19 heavy (non-hydrogen) atoms. The number of anilines is 1. The minimum absolute atomic E-state index is 0.0464. The standard InChI is InChI=1S/C13H15ClN4O/c14-8-4-3-6-9-11(8)17-13(16-9)18-12(19)10-5-1-2-7-15-10/h3-4,6,10,15H,1-2,5,7H2,(H2,16,17,18,19). The fourth-order valence-corrected chi connectivity index (χ4v) is 2.55. The van der Waals surface area contributed by atoms with E-state index in [1.165, 1.54) is 0 Å². The Morgan fingerprint density at radius 1 is 1.42 bits per heavy atom. The van der Waals surface area contributed by atoms with Crippen molar-refractivity contribution in [3.8, 4) is 0 Å². The first-order valence-electron chi connectivity index (χ1n) is 6.42. The van der Waals surface area contributed by atoms with Gasteiger partial charge in [0.15, 0.2) is 0 Å². The van der Waals surface area contributed by atoms with E-state index < -0.39 is 0 Å². The number of carbonyl (C=O) groups is 1. The highest BCUT2D eigenvalue weighted by molar-refractivity contribution is 6.35. The summed E-state index contributed by atoms with van der Waals surface area (Å²) >= 11 is 6.05. The minimum Gasteiger partial charge on any atom is -0.324 e. The number of halogens is 1. The van der Waals surface area contributed by atoms with Gasteiger partial charge in [0, 0.05) is 0 Å². The van der Waals surface area contributed by atoms with Crippen molar-refractivity contribution in [3.63, 3.8) is 0 Å². The molecule has 1 aromatic heterocycles. The maximum Gasteiger partial charge on any atom is 0.243 e. The highest BCUT2D eigenvalue weighted by Gasteiger charge is 2.21. The van der Waals surface area contributed by atoms with Crippen molar-refractivity contribution < 1.29 is 4.79 Å². The van der Waals surface area contributed by atoms with Gasteiger partial charge in [-0.3, -0.25) is 10.1 Å². The van der Waals surface area contributed by atoms with E-state index >= 15 is 0 Å². The van der Waals surface area contributed by atoms with Crippen LogP contribution in [0.2, 0.25) is 5.02 Å². The van der Waals surface area contributed by atoms with Crippen molar-refractivity contribution in [3.05, 3.63) is 23.2 Å². The summed E-state index contributed by atoms with van der Waals surface area (Å²) in [5, 5.41) is 6.58. The Kier molecular flexibility index (Phi) is 3.40. The smallest absolute Gasteiger partial charge is 0.243 e. The number of piperidine rings is 1. The van der Waals surface area contributed by atoms with Crippen molar-refractivity contribution in [2.45, 2.75) is 25.3 Å². The van der Waals surface area contributed by atoms with Crippen molar-refractivity contribution in [1.29, 1.82) is 0 Å². The van der Waals surface area contributed by atoms with Gasteiger partial charge in [0.25, 0.3) is 0 Å². The van der Waals surface area contributed by atoms with Crippen LogP contribution >= 0.6 is 11.6 Å². The maximum atomic E-state index is 12.1. The van der Waals surface area contributed by atoms with Crippen LogP contribution in [0.5, 0.6) is 0 Å². The van der Waals surface area contributed by atoms with Crippen LogP contribution in [-0.2, 0) is 4.79 Å². The van der Waals surface area contributed by atoms with Crippen LogP contribution in [0.4, 0.5) is 5.95 Å². The molecule has 0 spiro atoms. The largest absolute Gasteiger partial charge is 0.324 e. The van der Waals surface area contributed by atoms with Gasteiger partial charge in [0.2, 0.25) is 11.9 Å². The third-order valence-electron chi connectivity index (χ3n) is 3.33. The summed E-state index contributed by atoms with van der Waals surface area (Å²) in [6.07, 6.45) is 3.08. The number of benzene rings is 1. The van der Waals surface area contributed by atoms with Crippen molar-refractivity contribution in [2.75, 3.05) is 11.9 Å². The van der Waals surface area contributed by atoms with Crippen molar-refractivity contribution >= 4 is 34.5 Å². The van der Waals surface area contributed by atoms with E-state index in [9.17, 15) is 4.79 Å². The fourth-order valence-electron chi connectivity index (χ4n) is 2.34. The lowest BCUT2D eigenvalue weighted by Crippen LogP contribution is -2.43. The molecule has 2 aromatic rings. The Bertz CT molecular complexity index is 604. The highest BCUT2D eigenvalue weighted by Crippen LogP contribution is 2.22. The van der Waals surface area contributed by atoms with Gasteiger partial charge in [-0.05, 0) is 31.5 Å². The monoisotopic (exact) mass is 278 g/mol. The second-order valence-corrected chi connectivity index (χ2v) is 5.12. The molecule has 2 heterocycles. The van der Waals surface area contributed by atoms with E-state index in [4.69, 9.17) is 11.6 Å². The average Bonchev–Trinajstić information content (AvgIpc) is 2.84. The van der Waals surface area contributed by atoms with Crippen LogP contribution in [0.25, 0.3) is 11.0 Å². The first kappa shape index (κ1) is 12.4. The summed E-state index contributed by atoms with van der Waals surface area (Å²) in [5.74, 6) is 0.398. The Hall–Kier alpha value is -1.59. The number of amides is 1. The molecule has 0 saturated carbocycles. The molecule has 6 heteroatoms. The number of rotatable bonds is 2. The molecule has 1 amide bonds. The maximum absolute atomic E-state index is 12.1. The second kappa shape index (κ2) is 5.19. The van der Waals surface area contributed by atoms with Crippen LogP contribution in [0, 0.1) is 0 Å². The molecule has 5 nitrogen and oxygen atoms in total. The van der Waals surface area contributed by atoms with Crippen LogP contribution in [0.1, 0.15) is 19.3 Å². The number of carbonyl (C=O) groups excluding carboxylic acids is 1. The van der Waals surface area contributed by atoms with Crippen molar-refractivity contribution in [1.82, 2.24) is 15.3 Å². The number of H-pyrrole nitrogens is 1. The molecule has 0 bridgehead atoms. The van der Waals surface area contributed by atoms with Crippen LogP contribution < -0.4 is 10.6 Å². The number of aromatic amines is 1. The molecule has 1 aliphatic rings. The lowest BCUT2D eigenvalue weighted by molar-refractivity contribution is -0.118. The van der Waals surface area contributed by atoms with Crippen LogP contribution in [-0.4, -0.2) is 28.5 Å². The molecule has 0 aliphatic carbocycles. The molecule has 3 rings (SSSR count). The molecule has 3 N–H and O–H groups in total. The van der Waals surface area contributed by atoms with E-state index in [-0.39, 0.29) is 11.9 Å². The number of nitrogens with zero attached hydrogens (tertiary/aromatic N) is 1. The normalized spacial score (nSPS) is 19.5. The predicted molar refractivity (Wildman–Crippen MR) is 75.4 cm³/mol. The molecule has 1 atom stereocenters. The molecule has 1 unspecified atom stereocenters. The van der Waals surface area contributed by atoms with E-state index in [0.717, 1.165) is 31.3 Å². The lowest BCUT2D eigenvalue weighted by Gasteiger charge is -2.21. The number of nitrogens with one attached hydrogen (secondary N) is 3. The number of para-hydroxylation sites is 1. The zero-order valence-electron chi connectivity index (χ0n) is 10.4. The number of hydrogen-bond acceptors (Lipinski definition) is 3. The molecular formula is C13H15ClN4O. The Labute approximate surface area is 115 Å². The van der Waals surface area contributed by atoms with Gasteiger partial charge < -0.3 is 10.3 Å². The zero-order valence-corrected chi connectivity index (χ0v) is 11.1. The quantitative estimate of drug-likeness (QED) is 0.789. The summed E-state index contributed by atoms with van der Waals surface area (Å²) in [6, 6.07) is 5.37. The van der Waals surface area contributed by atoms with Gasteiger partial charge in [-0.1, -0.05) is 24.1 Å². The van der Waals surface area contributed by atoms with E-state index in [1.807, 2.05) is 12.1 Å². The van der Waals surface area contributed by atoms with Gasteiger partial charge >= 0.3 is 0 Å². The van der Waals surface area contributed by atoms with E-state index in [0.29, 0.717) is 16.5 Å². The average molecular weight is 279 g/mol. The summed E-state index contributed by atoms with van der Waals surface area (Å²) in [6.45, 7) is 0.893. The summed E-state index contributed by atoms with van der Waals surface area (Å²) < 4.78 is 0. The van der Waals surface area contributed by atoms with Crippen LogP contribution in [0.15, 0.2) is 18.2 Å². The van der Waals surface area contributed by atoms with Gasteiger partial charge in [-0.25, -0.2) is 4.98 Å². The molecule has 0 radical (unpaired) electrons. The molecular weight excluding hydrogens is 264 g/mol. The summed E-state index contributed by atoms with van der Waals surface area (Å²) in [4.78, 5) is 19.4. The molecule has 1 aliphatic heterocycles. The molecule has 1 aromatic carbocycles. The topological polar surface area (TPSA) is 69.8 Å². The van der Waals surface area contributed by atoms with Gasteiger partial charge in [0.1, 0.15) is 5.52 Å². The number of hydrogen-bond donors (Lipinski definition) is 3. The van der Waals surface area contributed by atoms with Gasteiger partial charge in [-0.15, -0.1) is 0 Å². The number of imidazole rings is 1. The molecule has 1 saturated heterocycles. The first-order chi connectivity index (χ1) is 9.24.